The van der Waals surface area contributed by atoms with Gasteiger partial charge in [0.25, 0.3) is 0 Å². The Morgan fingerprint density at radius 2 is 2.06 bits per heavy atom. The lowest BCUT2D eigenvalue weighted by molar-refractivity contribution is 0.142. The van der Waals surface area contributed by atoms with Crippen molar-refractivity contribution in [3.8, 4) is 0 Å². The Hall–Kier alpha value is -0.870. The fraction of sp³-hybridized carbons (Fsp3) is 0.786. The second-order valence-corrected chi connectivity index (χ2v) is 6.01. The van der Waals surface area contributed by atoms with Gasteiger partial charge in [0, 0.05) is 36.6 Å². The Morgan fingerprint density at radius 1 is 1.33 bits per heavy atom. The Labute approximate surface area is 109 Å². The molecule has 3 atom stereocenters. The van der Waals surface area contributed by atoms with Crippen LogP contribution in [0, 0.1) is 0 Å². The zero-order valence-electron chi connectivity index (χ0n) is 11.4. The normalized spacial score (nSPS) is 33.8. The monoisotopic (exact) mass is 248 g/mol. The van der Waals surface area contributed by atoms with Crippen LogP contribution in [-0.4, -0.2) is 45.9 Å². The lowest BCUT2D eigenvalue weighted by Crippen LogP contribution is -2.50. The topological polar surface area (TPSA) is 33.1 Å². The van der Waals surface area contributed by atoms with Gasteiger partial charge in [0.1, 0.15) is 0 Å². The summed E-state index contributed by atoms with van der Waals surface area (Å²) in [4.78, 5) is 2.59. The molecule has 0 spiro atoms. The van der Waals surface area contributed by atoms with Gasteiger partial charge in [-0.1, -0.05) is 0 Å². The summed E-state index contributed by atoms with van der Waals surface area (Å²) in [5, 5.41) is 8.06. The summed E-state index contributed by atoms with van der Waals surface area (Å²) >= 11 is 0. The molecule has 3 rings (SSSR count). The van der Waals surface area contributed by atoms with E-state index in [1.165, 1.54) is 25.7 Å². The van der Waals surface area contributed by atoms with Crippen LogP contribution in [0.3, 0.4) is 0 Å². The van der Waals surface area contributed by atoms with Crippen LogP contribution in [0.1, 0.15) is 32.6 Å². The molecule has 2 aliphatic rings. The zero-order chi connectivity index (χ0) is 12.5. The molecule has 4 nitrogen and oxygen atoms in total. The molecule has 4 heteroatoms. The molecule has 1 aromatic rings. The number of fused-ring (bicyclic) bond motifs is 2. The Bertz CT molecular complexity index is 361. The van der Waals surface area contributed by atoms with Crippen LogP contribution < -0.4 is 5.32 Å². The van der Waals surface area contributed by atoms with Crippen molar-refractivity contribution in [3.05, 3.63) is 18.5 Å². The van der Waals surface area contributed by atoms with Crippen LogP contribution in [0.5, 0.6) is 0 Å². The maximum absolute atomic E-state index is 4.27. The van der Waals surface area contributed by atoms with Gasteiger partial charge in [0.2, 0.25) is 0 Å². The first-order chi connectivity index (χ1) is 8.72. The second-order valence-electron chi connectivity index (χ2n) is 6.01. The Kier molecular flexibility index (Phi) is 3.39. The minimum Gasteiger partial charge on any atom is -0.310 e. The van der Waals surface area contributed by atoms with Crippen LogP contribution >= 0.6 is 0 Å². The summed E-state index contributed by atoms with van der Waals surface area (Å²) in [6.07, 6.45) is 9.31. The highest BCUT2D eigenvalue weighted by molar-refractivity contribution is 4.96. The van der Waals surface area contributed by atoms with Crippen molar-refractivity contribution in [1.82, 2.24) is 20.0 Å². The smallest absolute Gasteiger partial charge is 0.0560 e. The third-order valence-corrected chi connectivity index (χ3v) is 4.64. The second kappa shape index (κ2) is 5.02. The summed E-state index contributed by atoms with van der Waals surface area (Å²) in [6.45, 7) is 3.23. The lowest BCUT2D eigenvalue weighted by atomic mass is 9.97. The molecule has 2 bridgehead atoms. The van der Waals surface area contributed by atoms with Gasteiger partial charge in [0.05, 0.1) is 6.54 Å². The molecule has 0 aromatic carbocycles. The molecule has 0 radical (unpaired) electrons. The molecular weight excluding hydrogens is 224 g/mol. The van der Waals surface area contributed by atoms with Gasteiger partial charge in [-0.05, 0) is 45.7 Å². The number of piperidine rings is 1. The fourth-order valence-electron chi connectivity index (χ4n) is 3.69. The number of aromatic nitrogens is 2. The average molecular weight is 248 g/mol. The van der Waals surface area contributed by atoms with Gasteiger partial charge >= 0.3 is 0 Å². The molecule has 1 N–H and O–H groups in total. The van der Waals surface area contributed by atoms with Crippen LogP contribution in [-0.2, 0) is 6.54 Å². The first kappa shape index (κ1) is 12.2. The van der Waals surface area contributed by atoms with Crippen molar-refractivity contribution in [1.29, 1.82) is 0 Å². The minimum atomic E-state index is 0.498. The first-order valence-electron chi connectivity index (χ1n) is 7.18. The van der Waals surface area contributed by atoms with E-state index in [0.29, 0.717) is 12.1 Å². The van der Waals surface area contributed by atoms with Crippen molar-refractivity contribution in [2.24, 2.45) is 0 Å². The summed E-state index contributed by atoms with van der Waals surface area (Å²) in [6, 6.07) is 4.82. The molecule has 2 fully saturated rings. The van der Waals surface area contributed by atoms with E-state index >= 15 is 0 Å². The molecule has 1 aromatic heterocycles. The first-order valence-corrected chi connectivity index (χ1v) is 7.18. The Morgan fingerprint density at radius 3 is 2.67 bits per heavy atom. The molecule has 100 valence electrons. The van der Waals surface area contributed by atoms with Gasteiger partial charge in [-0.15, -0.1) is 0 Å². The molecule has 18 heavy (non-hydrogen) atoms. The number of rotatable bonds is 4. The molecule has 2 saturated heterocycles. The predicted octanol–water partition coefficient (Wildman–Crippen LogP) is 1.49. The molecule has 0 amide bonds. The van der Waals surface area contributed by atoms with E-state index in [1.54, 1.807) is 0 Å². The Balaban J connectivity index is 1.51. The average Bonchev–Trinajstić information content (AvgIpc) is 2.87. The molecule has 0 aliphatic carbocycles. The highest BCUT2D eigenvalue weighted by atomic mass is 15.3. The van der Waals surface area contributed by atoms with E-state index in [-0.39, 0.29) is 0 Å². The maximum atomic E-state index is 4.27. The molecule has 0 saturated carbocycles. The standard InChI is InChI=1S/C14H24N4/c1-11(10-18-7-3-6-15-18)16-12-8-13-4-5-14(9-12)17(13)2/h3,6-7,11-14,16H,4-5,8-10H2,1-2H3. The van der Waals surface area contributed by atoms with Crippen LogP contribution in [0.15, 0.2) is 18.5 Å². The highest BCUT2D eigenvalue weighted by Crippen LogP contribution is 2.34. The van der Waals surface area contributed by atoms with Gasteiger partial charge < -0.3 is 10.2 Å². The quantitative estimate of drug-likeness (QED) is 0.876. The fourth-order valence-corrected chi connectivity index (χ4v) is 3.69. The van der Waals surface area contributed by atoms with E-state index in [9.17, 15) is 0 Å². The van der Waals surface area contributed by atoms with Crippen molar-refractivity contribution in [2.45, 2.75) is 63.3 Å². The number of nitrogens with one attached hydrogen (secondary N) is 1. The van der Waals surface area contributed by atoms with Gasteiger partial charge in [-0.3, -0.25) is 4.68 Å². The van der Waals surface area contributed by atoms with Crippen molar-refractivity contribution >= 4 is 0 Å². The van der Waals surface area contributed by atoms with Crippen molar-refractivity contribution in [3.63, 3.8) is 0 Å². The molecule has 3 unspecified atom stereocenters. The van der Waals surface area contributed by atoms with Gasteiger partial charge in [-0.2, -0.15) is 5.10 Å². The molecule has 3 heterocycles. The number of nitrogens with zero attached hydrogens (tertiary/aromatic N) is 3. The lowest BCUT2D eigenvalue weighted by Gasteiger charge is -2.37. The van der Waals surface area contributed by atoms with Crippen LogP contribution in [0.25, 0.3) is 0 Å². The summed E-state index contributed by atoms with van der Waals surface area (Å²) in [5.74, 6) is 0. The van der Waals surface area contributed by atoms with E-state index < -0.39 is 0 Å². The predicted molar refractivity (Wildman–Crippen MR) is 72.4 cm³/mol. The summed E-state index contributed by atoms with van der Waals surface area (Å²) < 4.78 is 2.02. The van der Waals surface area contributed by atoms with E-state index in [2.05, 4.69) is 29.3 Å². The number of hydrogen-bond donors (Lipinski definition) is 1. The van der Waals surface area contributed by atoms with E-state index in [4.69, 9.17) is 0 Å². The van der Waals surface area contributed by atoms with E-state index in [1.807, 2.05) is 23.1 Å². The number of hydrogen-bond acceptors (Lipinski definition) is 3. The minimum absolute atomic E-state index is 0.498. The summed E-state index contributed by atoms with van der Waals surface area (Å²) in [7, 11) is 2.30. The molecular formula is C14H24N4. The summed E-state index contributed by atoms with van der Waals surface area (Å²) in [5.41, 5.74) is 0. The zero-order valence-corrected chi connectivity index (χ0v) is 11.4. The van der Waals surface area contributed by atoms with Gasteiger partial charge in [-0.25, -0.2) is 0 Å². The maximum Gasteiger partial charge on any atom is 0.0560 e. The third kappa shape index (κ3) is 2.45. The van der Waals surface area contributed by atoms with Crippen LogP contribution in [0.2, 0.25) is 0 Å². The SMILES string of the molecule is CC(Cn1cccn1)NC1CC2CCC(C1)N2C. The third-order valence-electron chi connectivity index (χ3n) is 4.64. The van der Waals surface area contributed by atoms with Gasteiger partial charge in [0.15, 0.2) is 0 Å². The molecule has 2 aliphatic heterocycles. The van der Waals surface area contributed by atoms with Crippen LogP contribution in [0.4, 0.5) is 0 Å². The van der Waals surface area contributed by atoms with E-state index in [0.717, 1.165) is 18.6 Å². The van der Waals surface area contributed by atoms with Crippen molar-refractivity contribution < 1.29 is 0 Å². The largest absolute Gasteiger partial charge is 0.310 e. The highest BCUT2D eigenvalue weighted by Gasteiger charge is 2.38. The van der Waals surface area contributed by atoms with Crippen molar-refractivity contribution in [2.75, 3.05) is 7.05 Å².